The van der Waals surface area contributed by atoms with Crippen LogP contribution in [0.4, 0.5) is 0 Å². The molecule has 1 saturated carbocycles. The van der Waals surface area contributed by atoms with Crippen molar-refractivity contribution >= 4 is 33.4 Å². The number of aromatic hydroxyl groups is 1. The molecule has 0 amide bonds. The number of carbonyl (C=O) groups excluding carboxylic acids is 2. The van der Waals surface area contributed by atoms with E-state index in [1.807, 2.05) is 30.3 Å². The highest BCUT2D eigenvalue weighted by Gasteiger charge is 2.60. The largest absolute Gasteiger partial charge is 0.508 e. The van der Waals surface area contributed by atoms with Crippen molar-refractivity contribution in [2.45, 2.75) is 51.7 Å². The maximum absolute atomic E-state index is 14.3. The summed E-state index contributed by atoms with van der Waals surface area (Å²) >= 11 is 0. The minimum Gasteiger partial charge on any atom is -0.508 e. The molecule has 3 aliphatic rings. The molecule has 52 heavy (non-hydrogen) atoms. The quantitative estimate of drug-likeness (QED) is 0.261. The van der Waals surface area contributed by atoms with Gasteiger partial charge in [0.15, 0.2) is 23.1 Å². The molecule has 1 N–H and O–H groups in total. The van der Waals surface area contributed by atoms with Crippen molar-refractivity contribution in [1.29, 1.82) is 0 Å². The van der Waals surface area contributed by atoms with Crippen LogP contribution in [0.3, 0.4) is 0 Å². The van der Waals surface area contributed by atoms with E-state index < -0.39 is 34.7 Å². The summed E-state index contributed by atoms with van der Waals surface area (Å²) < 4.78 is 16.1. The number of phenols is 1. The molecular weight excluding hydrogens is 666 g/mol. The zero-order valence-electron chi connectivity index (χ0n) is 29.4. The predicted octanol–water partition coefficient (Wildman–Crippen LogP) is 3.57. The number of ether oxygens (including phenoxy) is 2. The molecule has 266 valence electrons. The minimum absolute atomic E-state index is 0.00860. The molecule has 3 aromatic carbocycles. The number of hydrogen-bond acceptors (Lipinski definition) is 9. The summed E-state index contributed by atoms with van der Waals surface area (Å²) in [7, 11) is 4.61. The summed E-state index contributed by atoms with van der Waals surface area (Å²) in [6.07, 6.45) is 3.33. The zero-order valence-corrected chi connectivity index (χ0v) is 29.4. The van der Waals surface area contributed by atoms with E-state index in [0.717, 1.165) is 15.3 Å². The number of carbonyl (C=O) groups is 2. The van der Waals surface area contributed by atoms with Gasteiger partial charge >= 0.3 is 11.4 Å². The highest BCUT2D eigenvalue weighted by molar-refractivity contribution is 6.13. The van der Waals surface area contributed by atoms with E-state index in [9.17, 15) is 29.1 Å². The number of methoxy groups -OCH3 is 2. The van der Waals surface area contributed by atoms with E-state index in [2.05, 4.69) is 4.98 Å². The number of ketones is 2. The Balaban J connectivity index is 1.24. The first kappa shape index (κ1) is 33.2. The van der Waals surface area contributed by atoms with Gasteiger partial charge in [0.05, 0.1) is 43.3 Å². The van der Waals surface area contributed by atoms with Crippen molar-refractivity contribution in [3.05, 3.63) is 114 Å². The van der Waals surface area contributed by atoms with Crippen molar-refractivity contribution < 1.29 is 24.2 Å². The van der Waals surface area contributed by atoms with Gasteiger partial charge in [-0.15, -0.1) is 0 Å². The SMILES string of the molecule is COc1cc2nc(CCn3c(=O)n4n(c3=O)[C@@H]3C[C@H]5C(=O)C=C(C)C(=O)[C@@]5(C)[C@@H](c5c(O)ccc6ccccc56)C3=CC4)c(=O)n(C)c2cc1OC. The van der Waals surface area contributed by atoms with Gasteiger partial charge in [0, 0.05) is 49.5 Å². The molecule has 0 saturated heterocycles. The van der Waals surface area contributed by atoms with Crippen LogP contribution in [0.1, 0.15) is 43.5 Å². The number of aromatic nitrogens is 5. The lowest BCUT2D eigenvalue weighted by molar-refractivity contribution is -0.139. The third-order valence-corrected chi connectivity index (χ3v) is 11.4. The second-order valence-electron chi connectivity index (χ2n) is 14.0. The van der Waals surface area contributed by atoms with Gasteiger partial charge < -0.3 is 19.1 Å². The maximum atomic E-state index is 14.3. The van der Waals surface area contributed by atoms with Crippen molar-refractivity contribution in [2.75, 3.05) is 14.2 Å². The Kier molecular flexibility index (Phi) is 7.52. The summed E-state index contributed by atoms with van der Waals surface area (Å²) in [4.78, 5) is 74.3. The molecule has 1 aliphatic heterocycles. The van der Waals surface area contributed by atoms with Gasteiger partial charge in [-0.25, -0.2) is 28.5 Å². The molecule has 5 aromatic rings. The topological polar surface area (TPSA) is 157 Å². The van der Waals surface area contributed by atoms with Crippen LogP contribution in [-0.4, -0.2) is 54.4 Å². The number of phenolic OH excluding ortho intramolecular Hbond substituents is 1. The predicted molar refractivity (Wildman–Crippen MR) is 192 cm³/mol. The molecule has 2 aliphatic carbocycles. The average molecular weight is 704 g/mol. The smallest absolute Gasteiger partial charge is 0.347 e. The van der Waals surface area contributed by atoms with Crippen molar-refractivity contribution in [3.63, 3.8) is 0 Å². The molecule has 0 bridgehead atoms. The third kappa shape index (κ3) is 4.54. The summed E-state index contributed by atoms with van der Waals surface area (Å²) in [6.45, 7) is 3.33. The van der Waals surface area contributed by atoms with E-state index in [-0.39, 0.29) is 54.5 Å². The monoisotopic (exact) mass is 703 g/mol. The fourth-order valence-corrected chi connectivity index (χ4v) is 8.88. The first-order valence-electron chi connectivity index (χ1n) is 17.1. The highest BCUT2D eigenvalue weighted by atomic mass is 16.5. The average Bonchev–Trinajstić information content (AvgIpc) is 3.39. The number of benzene rings is 3. The van der Waals surface area contributed by atoms with Crippen LogP contribution in [0.25, 0.3) is 21.8 Å². The summed E-state index contributed by atoms with van der Waals surface area (Å²) in [6, 6.07) is 13.5. The van der Waals surface area contributed by atoms with E-state index >= 15 is 0 Å². The highest BCUT2D eigenvalue weighted by Crippen LogP contribution is 2.61. The molecule has 0 spiro atoms. The van der Waals surface area contributed by atoms with E-state index in [1.165, 1.54) is 34.2 Å². The second-order valence-corrected chi connectivity index (χ2v) is 14.0. The minimum atomic E-state index is -1.26. The Morgan fingerprint density at radius 2 is 1.71 bits per heavy atom. The first-order valence-corrected chi connectivity index (χ1v) is 17.1. The molecule has 0 unspecified atom stereocenters. The lowest BCUT2D eigenvalue weighted by atomic mass is 9.50. The molecule has 0 radical (unpaired) electrons. The summed E-state index contributed by atoms with van der Waals surface area (Å²) in [5.74, 6) is -1.17. The lowest BCUT2D eigenvalue weighted by Crippen LogP contribution is -2.54. The molecule has 8 rings (SSSR count). The Labute approximate surface area is 296 Å². The number of nitrogens with zero attached hydrogens (tertiary/aromatic N) is 5. The van der Waals surface area contributed by atoms with E-state index in [1.54, 1.807) is 45.2 Å². The fourth-order valence-electron chi connectivity index (χ4n) is 8.88. The number of Topliss-reactive ketones (excluding diaryl/α,β-unsaturated/α-hetero) is 1. The number of rotatable bonds is 6. The molecule has 3 heterocycles. The van der Waals surface area contributed by atoms with Crippen LogP contribution < -0.4 is 26.4 Å². The van der Waals surface area contributed by atoms with Gasteiger partial charge in [0.2, 0.25) is 0 Å². The van der Waals surface area contributed by atoms with Crippen molar-refractivity contribution in [3.8, 4) is 17.2 Å². The molecule has 4 atom stereocenters. The number of hydrogen-bond donors (Lipinski definition) is 1. The molecular formula is C39H37N5O8. The van der Waals surface area contributed by atoms with Crippen LogP contribution in [0.5, 0.6) is 17.2 Å². The third-order valence-electron chi connectivity index (χ3n) is 11.4. The van der Waals surface area contributed by atoms with E-state index in [0.29, 0.717) is 39.2 Å². The maximum Gasteiger partial charge on any atom is 0.347 e. The van der Waals surface area contributed by atoms with Gasteiger partial charge in [-0.3, -0.25) is 14.4 Å². The van der Waals surface area contributed by atoms with Crippen molar-refractivity contribution in [1.82, 2.24) is 23.5 Å². The fraction of sp³-hybridized carbons (Fsp3) is 0.333. The Morgan fingerprint density at radius 1 is 0.981 bits per heavy atom. The molecule has 2 aromatic heterocycles. The number of aryl methyl sites for hydroxylation is 2. The van der Waals surface area contributed by atoms with Gasteiger partial charge in [0.1, 0.15) is 11.4 Å². The number of fused-ring (bicyclic) bond motifs is 6. The van der Waals surface area contributed by atoms with Crippen LogP contribution in [0, 0.1) is 11.3 Å². The van der Waals surface area contributed by atoms with Crippen LogP contribution in [0.2, 0.25) is 0 Å². The standard InChI is InChI=1S/C39H37N5O8/c1-20-16-30(46)24-17-27-23(34(39(24,2)35(20)47)33-22-9-7-6-8-21(22)10-11-29(33)45)12-15-43-37(49)42(38(50)44(27)43)14-13-25-36(48)41(3)28-19-32(52-5)31(51-4)18-26(28)40-25/h6-12,16,18-19,24,27,34,45H,13-15,17H2,1-5H3/t24-,27+,34+,39+/m0/s1. The molecule has 13 nitrogen and oxygen atoms in total. The van der Waals surface area contributed by atoms with Crippen LogP contribution >= 0.6 is 0 Å². The normalized spacial score (nSPS) is 22.4. The summed E-state index contributed by atoms with van der Waals surface area (Å²) in [5.41, 5.74) is -0.101. The van der Waals surface area contributed by atoms with Gasteiger partial charge in [-0.2, -0.15) is 0 Å². The Bertz CT molecular complexity index is 2640. The molecule has 13 heteroatoms. The van der Waals surface area contributed by atoms with Gasteiger partial charge in [0.25, 0.3) is 5.56 Å². The Morgan fingerprint density at radius 3 is 2.46 bits per heavy atom. The van der Waals surface area contributed by atoms with E-state index in [4.69, 9.17) is 9.47 Å². The van der Waals surface area contributed by atoms with Crippen LogP contribution in [-0.2, 0) is 36.1 Å². The first-order chi connectivity index (χ1) is 24.9. The Hall–Kier alpha value is -5.98. The zero-order chi connectivity index (χ0) is 36.8. The van der Waals surface area contributed by atoms with Crippen molar-refractivity contribution in [2.24, 2.45) is 18.4 Å². The lowest BCUT2D eigenvalue weighted by Gasteiger charge is -2.52. The van der Waals surface area contributed by atoms with Crippen LogP contribution in [0.15, 0.2) is 86.2 Å². The van der Waals surface area contributed by atoms with Gasteiger partial charge in [-0.1, -0.05) is 43.3 Å². The summed E-state index contributed by atoms with van der Waals surface area (Å²) in [5, 5.41) is 13.1. The van der Waals surface area contributed by atoms with Gasteiger partial charge in [-0.05, 0) is 47.4 Å². The number of allylic oxidation sites excluding steroid dienone is 4. The second kappa shape index (κ2) is 11.8. The molecule has 1 fully saturated rings.